The van der Waals surface area contributed by atoms with E-state index < -0.39 is 21.6 Å². The highest BCUT2D eigenvalue weighted by atomic mass is 32.2. The van der Waals surface area contributed by atoms with E-state index in [2.05, 4.69) is 10.3 Å². The maximum absolute atomic E-state index is 14.3. The van der Waals surface area contributed by atoms with E-state index in [1.807, 2.05) is 26.0 Å². The lowest BCUT2D eigenvalue weighted by atomic mass is 9.97. The number of aromatic carboxylic acids is 1. The molecule has 0 amide bonds. The number of nitrogens with zero attached hydrogens (tertiary/aromatic N) is 6. The molecule has 49 heavy (non-hydrogen) atoms. The van der Waals surface area contributed by atoms with Crippen LogP contribution in [0.3, 0.4) is 0 Å². The summed E-state index contributed by atoms with van der Waals surface area (Å²) in [7, 11) is -1.25. The molecule has 1 N–H and O–H groups in total. The minimum absolute atomic E-state index is 0.0307. The lowest BCUT2D eigenvalue weighted by Gasteiger charge is -2.23. The molecular formula is C34H40N6O8S. The van der Waals surface area contributed by atoms with Gasteiger partial charge in [0.05, 0.1) is 18.0 Å². The second-order valence-electron chi connectivity index (χ2n) is 11.6. The van der Waals surface area contributed by atoms with Crippen molar-refractivity contribution in [2.45, 2.75) is 65.0 Å². The maximum Gasteiger partial charge on any atom is 0.357 e. The molecular weight excluding hydrogens is 652 g/mol. The topological polar surface area (TPSA) is 172 Å². The van der Waals surface area contributed by atoms with Crippen LogP contribution in [0, 0.1) is 13.8 Å². The number of anilines is 1. The number of methoxy groups -OCH3 is 1. The Morgan fingerprint density at radius 2 is 1.86 bits per heavy atom. The van der Waals surface area contributed by atoms with Gasteiger partial charge >= 0.3 is 5.97 Å². The lowest BCUT2D eigenvalue weighted by Crippen LogP contribution is -2.34. The molecule has 3 aromatic heterocycles. The fraction of sp³-hybridized carbons (Fsp3) is 0.382. The number of ether oxygens (including phenoxy) is 2. The number of aromatic nitrogens is 5. The number of hydrogen-bond acceptors (Lipinski definition) is 10. The maximum atomic E-state index is 14.3. The minimum atomic E-state index is -4.21. The van der Waals surface area contributed by atoms with Crippen molar-refractivity contribution in [1.29, 1.82) is 0 Å². The predicted octanol–water partition coefficient (Wildman–Crippen LogP) is 4.83. The van der Waals surface area contributed by atoms with E-state index in [4.69, 9.17) is 19.0 Å². The van der Waals surface area contributed by atoms with Crippen molar-refractivity contribution < 1.29 is 32.3 Å². The van der Waals surface area contributed by atoms with Crippen LogP contribution in [0.15, 0.2) is 56.7 Å². The first-order valence-corrected chi connectivity index (χ1v) is 17.3. The molecule has 0 bridgehead atoms. The molecule has 0 aliphatic rings. The average Bonchev–Trinajstić information content (AvgIpc) is 3.60. The van der Waals surface area contributed by atoms with Gasteiger partial charge in [-0.05, 0) is 49.9 Å². The van der Waals surface area contributed by atoms with Crippen molar-refractivity contribution in [2.75, 3.05) is 24.8 Å². The summed E-state index contributed by atoms with van der Waals surface area (Å²) >= 11 is 0. The number of unbranched alkanes of at least 4 members (excludes halogenated alkanes) is 1. The van der Waals surface area contributed by atoms with E-state index in [9.17, 15) is 23.1 Å². The van der Waals surface area contributed by atoms with Gasteiger partial charge in [0, 0.05) is 38.3 Å². The van der Waals surface area contributed by atoms with Gasteiger partial charge in [-0.3, -0.25) is 9.36 Å². The summed E-state index contributed by atoms with van der Waals surface area (Å²) in [5.41, 5.74) is 2.41. The molecule has 0 radical (unpaired) electrons. The van der Waals surface area contributed by atoms with E-state index in [1.165, 1.54) is 22.4 Å². The highest BCUT2D eigenvalue weighted by Gasteiger charge is 2.32. The van der Waals surface area contributed by atoms with Gasteiger partial charge in [-0.1, -0.05) is 54.9 Å². The number of aryl methyl sites for hydroxylation is 3. The second-order valence-corrected chi connectivity index (χ2v) is 13.4. The number of carbonyl (C=O) groups is 1. The smallest absolute Gasteiger partial charge is 0.357 e. The molecule has 0 aliphatic heterocycles. The molecule has 5 aromatic rings. The van der Waals surface area contributed by atoms with Gasteiger partial charge in [-0.2, -0.15) is 5.10 Å². The summed E-state index contributed by atoms with van der Waals surface area (Å²) < 4.78 is 48.9. The molecule has 0 saturated carbocycles. The quantitative estimate of drug-likeness (QED) is 0.149. The molecule has 0 unspecified atom stereocenters. The van der Waals surface area contributed by atoms with Crippen LogP contribution in [0.4, 0.5) is 5.82 Å². The standard InChI is InChI=1S/C34H40N6O8S/c1-7-9-14-28-35-32-29(30(34(42)43)36-38(32)5)33(41)39(28)18-23-15-16-25(24(17-23)19-47-8-2)26-12-10-11-13-27(26)49(44,45)40(20-46-6)31-21(3)22(4)48-37-31/h10-13,15-17H,7-9,14,18-20H2,1-6H3,(H,42,43). The van der Waals surface area contributed by atoms with Gasteiger partial charge in [-0.25, -0.2) is 27.2 Å². The Labute approximate surface area is 283 Å². The average molecular weight is 693 g/mol. The third-order valence-electron chi connectivity index (χ3n) is 8.31. The first-order valence-electron chi connectivity index (χ1n) is 15.9. The highest BCUT2D eigenvalue weighted by molar-refractivity contribution is 7.93. The number of hydrogen-bond donors (Lipinski definition) is 1. The van der Waals surface area contributed by atoms with Gasteiger partial charge in [0.15, 0.2) is 17.2 Å². The van der Waals surface area contributed by atoms with Gasteiger partial charge < -0.3 is 19.1 Å². The Hall–Kier alpha value is -4.86. The number of carboxylic acid groups (broad SMARTS) is 1. The Morgan fingerprint density at radius 1 is 1.10 bits per heavy atom. The molecule has 260 valence electrons. The van der Waals surface area contributed by atoms with Crippen LogP contribution in [-0.2, 0) is 46.1 Å². The zero-order valence-corrected chi connectivity index (χ0v) is 29.2. The molecule has 0 saturated heterocycles. The lowest BCUT2D eigenvalue weighted by molar-refractivity contribution is 0.0691. The van der Waals surface area contributed by atoms with E-state index >= 15 is 0 Å². The summed E-state index contributed by atoms with van der Waals surface area (Å²) in [6, 6.07) is 12.2. The van der Waals surface area contributed by atoms with Crippen LogP contribution in [-0.4, -0.2) is 64.4 Å². The summed E-state index contributed by atoms with van der Waals surface area (Å²) in [5.74, 6) is -0.174. The molecule has 0 aliphatic carbocycles. The fourth-order valence-corrected chi connectivity index (χ4v) is 7.25. The Morgan fingerprint density at radius 3 is 2.51 bits per heavy atom. The van der Waals surface area contributed by atoms with E-state index in [0.717, 1.165) is 22.7 Å². The molecule has 0 spiro atoms. The summed E-state index contributed by atoms with van der Waals surface area (Å²) in [6.45, 7) is 7.72. The summed E-state index contributed by atoms with van der Waals surface area (Å²) in [5, 5.41) is 17.8. The number of sulfonamides is 1. The molecule has 14 nitrogen and oxygen atoms in total. The van der Waals surface area contributed by atoms with Crippen LogP contribution in [0.5, 0.6) is 0 Å². The number of fused-ring (bicyclic) bond motifs is 1. The number of carboxylic acids is 1. The van der Waals surface area contributed by atoms with Crippen molar-refractivity contribution in [3.63, 3.8) is 0 Å². The number of rotatable bonds is 15. The normalized spacial score (nSPS) is 11.8. The first kappa shape index (κ1) is 35.4. The largest absolute Gasteiger partial charge is 0.476 e. The second kappa shape index (κ2) is 14.7. The minimum Gasteiger partial charge on any atom is -0.476 e. The van der Waals surface area contributed by atoms with Crippen LogP contribution in [0.25, 0.3) is 22.2 Å². The summed E-state index contributed by atoms with van der Waals surface area (Å²) in [6.07, 6.45) is 2.15. The van der Waals surface area contributed by atoms with Crippen LogP contribution in [0.1, 0.15) is 65.5 Å². The highest BCUT2D eigenvalue weighted by Crippen LogP contribution is 2.35. The monoisotopic (exact) mass is 692 g/mol. The molecule has 15 heteroatoms. The number of benzene rings is 2. The van der Waals surface area contributed by atoms with Crippen molar-refractivity contribution in [3.8, 4) is 11.1 Å². The predicted molar refractivity (Wildman–Crippen MR) is 182 cm³/mol. The van der Waals surface area contributed by atoms with Crippen molar-refractivity contribution in [2.24, 2.45) is 7.05 Å². The zero-order valence-electron chi connectivity index (χ0n) is 28.4. The summed E-state index contributed by atoms with van der Waals surface area (Å²) in [4.78, 5) is 30.6. The van der Waals surface area contributed by atoms with Crippen LogP contribution < -0.4 is 9.86 Å². The Bertz CT molecular complexity index is 2170. The van der Waals surface area contributed by atoms with Gasteiger partial charge in [0.1, 0.15) is 23.7 Å². The molecule has 0 atom stereocenters. The van der Waals surface area contributed by atoms with E-state index in [-0.39, 0.29) is 47.3 Å². The fourth-order valence-electron chi connectivity index (χ4n) is 5.67. The van der Waals surface area contributed by atoms with Crippen molar-refractivity contribution in [1.82, 2.24) is 24.5 Å². The molecule has 5 rings (SSSR count). The molecule has 0 fully saturated rings. The molecule has 2 aromatic carbocycles. The van der Waals surface area contributed by atoms with E-state index in [0.29, 0.717) is 46.9 Å². The van der Waals surface area contributed by atoms with Crippen molar-refractivity contribution in [3.05, 3.63) is 86.8 Å². The van der Waals surface area contributed by atoms with Crippen LogP contribution in [0.2, 0.25) is 0 Å². The van der Waals surface area contributed by atoms with Gasteiger partial charge in [0.25, 0.3) is 15.6 Å². The van der Waals surface area contributed by atoms with Gasteiger partial charge in [-0.15, -0.1) is 0 Å². The van der Waals surface area contributed by atoms with Crippen LogP contribution >= 0.6 is 0 Å². The van der Waals surface area contributed by atoms with Gasteiger partial charge in [0.2, 0.25) is 0 Å². The molecule has 3 heterocycles. The van der Waals surface area contributed by atoms with Crippen molar-refractivity contribution >= 4 is 32.8 Å². The third kappa shape index (κ3) is 6.86. The third-order valence-corrected chi connectivity index (χ3v) is 10.1. The van der Waals surface area contributed by atoms with E-state index in [1.54, 1.807) is 45.2 Å². The SMILES string of the molecule is CCCCc1nc2c(c(C(=O)O)nn2C)c(=O)n1Cc1ccc(-c2ccccc2S(=O)(=O)N(COC)c2noc(C)c2C)c(COCC)c1. The first-order chi connectivity index (χ1) is 23.4. The zero-order chi connectivity index (χ0) is 35.5. The Kier molecular flexibility index (Phi) is 10.6. The Balaban J connectivity index is 1.64.